The fraction of sp³-hybridized carbons (Fsp3) is 0.435. The molecule has 1 fully saturated rings. The van der Waals surface area contributed by atoms with E-state index in [1.807, 2.05) is 19.9 Å². The molecule has 0 atom stereocenters. The molecule has 168 valence electrons. The van der Waals surface area contributed by atoms with Crippen molar-refractivity contribution in [3.8, 4) is 0 Å². The van der Waals surface area contributed by atoms with Crippen molar-refractivity contribution in [3.05, 3.63) is 53.1 Å². The second-order valence-electron chi connectivity index (χ2n) is 8.56. The lowest BCUT2D eigenvalue weighted by molar-refractivity contribution is 0.0949. The lowest BCUT2D eigenvalue weighted by Crippen LogP contribution is -2.35. The second kappa shape index (κ2) is 9.92. The first kappa shape index (κ1) is 23.4. The number of nitrogens with zero attached hydrogens (tertiary/aromatic N) is 1. The van der Waals surface area contributed by atoms with Gasteiger partial charge in [0.05, 0.1) is 10.5 Å². The zero-order chi connectivity index (χ0) is 22.6. The summed E-state index contributed by atoms with van der Waals surface area (Å²) in [5.41, 5.74) is 1.66. The van der Waals surface area contributed by atoms with Gasteiger partial charge in [0.2, 0.25) is 0 Å². The van der Waals surface area contributed by atoms with Crippen LogP contribution in [0.3, 0.4) is 0 Å². The molecule has 31 heavy (non-hydrogen) atoms. The lowest BCUT2D eigenvalue weighted by Gasteiger charge is -2.33. The van der Waals surface area contributed by atoms with Crippen LogP contribution >= 0.6 is 11.6 Å². The molecule has 0 unspecified atom stereocenters. The molecule has 0 aliphatic carbocycles. The number of anilines is 2. The monoisotopic (exact) mass is 463 g/mol. The summed E-state index contributed by atoms with van der Waals surface area (Å²) >= 11 is 5.87. The van der Waals surface area contributed by atoms with Crippen molar-refractivity contribution in [1.29, 1.82) is 0 Å². The van der Waals surface area contributed by atoms with Crippen molar-refractivity contribution in [2.75, 3.05) is 29.3 Å². The van der Waals surface area contributed by atoms with Crippen LogP contribution in [-0.4, -0.2) is 34.0 Å². The number of rotatable bonds is 7. The van der Waals surface area contributed by atoms with Crippen LogP contribution in [-0.2, 0) is 10.0 Å². The molecule has 1 aliphatic rings. The van der Waals surface area contributed by atoms with Gasteiger partial charge in [-0.2, -0.15) is 0 Å². The molecule has 0 radical (unpaired) electrons. The number of amides is 1. The SMILES string of the molecule is CC(C)CNC(=O)c1cc(NS(=O)(=O)c2ccc(Cl)cc2)ccc1N1CCC(C)CC1. The predicted molar refractivity (Wildman–Crippen MR) is 126 cm³/mol. The molecule has 1 aliphatic heterocycles. The zero-order valence-corrected chi connectivity index (χ0v) is 19.8. The first-order valence-electron chi connectivity index (χ1n) is 10.6. The highest BCUT2D eigenvalue weighted by atomic mass is 35.5. The average Bonchev–Trinajstić information content (AvgIpc) is 2.72. The first-order chi connectivity index (χ1) is 14.7. The summed E-state index contributed by atoms with van der Waals surface area (Å²) < 4.78 is 28.1. The largest absolute Gasteiger partial charge is 0.371 e. The van der Waals surface area contributed by atoms with E-state index in [1.54, 1.807) is 12.1 Å². The highest BCUT2D eigenvalue weighted by molar-refractivity contribution is 7.92. The minimum absolute atomic E-state index is 0.108. The predicted octanol–water partition coefficient (Wildman–Crippen LogP) is 4.76. The van der Waals surface area contributed by atoms with Gasteiger partial charge in [0.1, 0.15) is 0 Å². The molecule has 1 amide bonds. The van der Waals surface area contributed by atoms with Gasteiger partial charge in [0.15, 0.2) is 0 Å². The second-order valence-corrected chi connectivity index (χ2v) is 10.7. The molecule has 3 rings (SSSR count). The first-order valence-corrected chi connectivity index (χ1v) is 12.5. The Morgan fingerprint density at radius 3 is 2.39 bits per heavy atom. The van der Waals surface area contributed by atoms with E-state index in [-0.39, 0.29) is 10.8 Å². The molecule has 1 saturated heterocycles. The molecule has 0 bridgehead atoms. The fourth-order valence-corrected chi connectivity index (χ4v) is 4.70. The highest BCUT2D eigenvalue weighted by Crippen LogP contribution is 2.29. The van der Waals surface area contributed by atoms with Crippen LogP contribution in [0.1, 0.15) is 44.0 Å². The molecule has 2 N–H and O–H groups in total. The van der Waals surface area contributed by atoms with Crippen molar-refractivity contribution in [3.63, 3.8) is 0 Å². The Bertz CT molecular complexity index is 1010. The van der Waals surface area contributed by atoms with Crippen LogP contribution in [0, 0.1) is 11.8 Å². The van der Waals surface area contributed by atoms with Crippen LogP contribution in [0.4, 0.5) is 11.4 Å². The topological polar surface area (TPSA) is 78.5 Å². The van der Waals surface area contributed by atoms with Gasteiger partial charge in [0.25, 0.3) is 15.9 Å². The third-order valence-electron chi connectivity index (χ3n) is 5.41. The summed E-state index contributed by atoms with van der Waals surface area (Å²) in [6, 6.07) is 11.1. The van der Waals surface area contributed by atoms with E-state index >= 15 is 0 Å². The number of piperidine rings is 1. The van der Waals surface area contributed by atoms with E-state index in [2.05, 4.69) is 21.9 Å². The molecule has 2 aromatic rings. The zero-order valence-electron chi connectivity index (χ0n) is 18.2. The summed E-state index contributed by atoms with van der Waals surface area (Å²) in [6.07, 6.45) is 2.13. The molecule has 6 nitrogen and oxygen atoms in total. The van der Waals surface area contributed by atoms with E-state index in [0.717, 1.165) is 31.6 Å². The van der Waals surface area contributed by atoms with Crippen molar-refractivity contribution < 1.29 is 13.2 Å². The molecule has 0 aromatic heterocycles. The maximum atomic E-state index is 13.0. The van der Waals surface area contributed by atoms with Gasteiger partial charge in [-0.15, -0.1) is 0 Å². The van der Waals surface area contributed by atoms with Crippen molar-refractivity contribution >= 4 is 38.9 Å². The van der Waals surface area contributed by atoms with E-state index in [1.165, 1.54) is 24.3 Å². The third-order valence-corrected chi connectivity index (χ3v) is 7.06. The quantitative estimate of drug-likeness (QED) is 0.620. The highest BCUT2D eigenvalue weighted by Gasteiger charge is 2.23. The van der Waals surface area contributed by atoms with Crippen LogP contribution in [0.15, 0.2) is 47.4 Å². The number of carbonyl (C=O) groups is 1. The molecule has 0 spiro atoms. The number of nitrogens with one attached hydrogen (secondary N) is 2. The number of hydrogen-bond acceptors (Lipinski definition) is 4. The Hall–Kier alpha value is -2.25. The normalized spacial score (nSPS) is 15.2. The molecule has 1 heterocycles. The van der Waals surface area contributed by atoms with Crippen LogP contribution in [0.25, 0.3) is 0 Å². The molecular weight excluding hydrogens is 434 g/mol. The van der Waals surface area contributed by atoms with Crippen LogP contribution in [0.5, 0.6) is 0 Å². The smallest absolute Gasteiger partial charge is 0.261 e. The van der Waals surface area contributed by atoms with Crippen LogP contribution < -0.4 is 14.9 Å². The minimum Gasteiger partial charge on any atom is -0.371 e. The van der Waals surface area contributed by atoms with E-state index in [0.29, 0.717) is 34.7 Å². The van der Waals surface area contributed by atoms with Gasteiger partial charge in [-0.25, -0.2) is 8.42 Å². The van der Waals surface area contributed by atoms with Gasteiger partial charge in [-0.05, 0) is 67.1 Å². The maximum Gasteiger partial charge on any atom is 0.261 e. The fourth-order valence-electron chi connectivity index (χ4n) is 3.53. The number of carbonyl (C=O) groups excluding carboxylic acids is 1. The lowest BCUT2D eigenvalue weighted by atomic mass is 9.98. The Morgan fingerprint density at radius 1 is 1.13 bits per heavy atom. The summed E-state index contributed by atoms with van der Waals surface area (Å²) in [5.74, 6) is 0.782. The van der Waals surface area contributed by atoms with Gasteiger partial charge >= 0.3 is 0 Å². The van der Waals surface area contributed by atoms with Gasteiger partial charge in [-0.1, -0.05) is 32.4 Å². The molecule has 2 aromatic carbocycles. The summed E-state index contributed by atoms with van der Waals surface area (Å²) in [7, 11) is -3.80. The number of sulfonamides is 1. The number of hydrogen-bond donors (Lipinski definition) is 2. The standard InChI is InChI=1S/C23H30ClN3O3S/c1-16(2)15-25-23(28)21-14-19(6-9-22(21)27-12-10-17(3)11-13-27)26-31(29,30)20-7-4-18(24)5-8-20/h4-9,14,16-17,26H,10-13,15H2,1-3H3,(H,25,28). The van der Waals surface area contributed by atoms with Crippen molar-refractivity contribution in [2.24, 2.45) is 11.8 Å². The average molecular weight is 464 g/mol. The Morgan fingerprint density at radius 2 is 1.77 bits per heavy atom. The summed E-state index contributed by atoms with van der Waals surface area (Å²) in [5, 5.41) is 3.42. The van der Waals surface area contributed by atoms with Gasteiger partial charge < -0.3 is 10.2 Å². The maximum absolute atomic E-state index is 13.0. The molecule has 8 heteroatoms. The third kappa shape index (κ3) is 6.14. The van der Waals surface area contributed by atoms with Crippen molar-refractivity contribution in [1.82, 2.24) is 5.32 Å². The van der Waals surface area contributed by atoms with E-state index < -0.39 is 10.0 Å². The minimum atomic E-state index is -3.80. The summed E-state index contributed by atoms with van der Waals surface area (Å²) in [4.78, 5) is 15.3. The van der Waals surface area contributed by atoms with Crippen molar-refractivity contribution in [2.45, 2.75) is 38.5 Å². The number of halogens is 1. The van der Waals surface area contributed by atoms with Gasteiger partial charge in [0, 0.05) is 36.0 Å². The molecule has 0 saturated carbocycles. The Kier molecular flexibility index (Phi) is 7.49. The van der Waals surface area contributed by atoms with Gasteiger partial charge in [-0.3, -0.25) is 9.52 Å². The Balaban J connectivity index is 1.90. The van der Waals surface area contributed by atoms with E-state index in [4.69, 9.17) is 11.6 Å². The van der Waals surface area contributed by atoms with Crippen LogP contribution in [0.2, 0.25) is 5.02 Å². The Labute approximate surface area is 190 Å². The summed E-state index contributed by atoms with van der Waals surface area (Å²) in [6.45, 7) is 8.61. The van der Waals surface area contributed by atoms with E-state index in [9.17, 15) is 13.2 Å². The molecular formula is C23H30ClN3O3S. The number of benzene rings is 2.